The second-order valence-corrected chi connectivity index (χ2v) is 7.96. The Kier molecular flexibility index (Phi) is 3.24. The summed E-state index contributed by atoms with van der Waals surface area (Å²) >= 11 is 0. The lowest BCUT2D eigenvalue weighted by atomic mass is 9.60. The number of benzene rings is 1. The maximum atomic E-state index is 5.69. The standard InChI is InChI=1S/C20H28O/c1-13(2)15-10-14-11-18-19(3,4)8-7-9-20(18,5)16(14)12-17(15)21-6/h10-13H,7-9H2,1-6H3/t20-/m1/s1. The smallest absolute Gasteiger partial charge is 0.122 e. The lowest BCUT2D eigenvalue weighted by Crippen LogP contribution is -2.35. The normalized spacial score (nSPS) is 26.3. The highest BCUT2D eigenvalue weighted by atomic mass is 16.5. The first-order chi connectivity index (χ1) is 9.79. The van der Waals surface area contributed by atoms with E-state index in [1.807, 2.05) is 0 Å². The Balaban J connectivity index is 2.20. The van der Waals surface area contributed by atoms with Gasteiger partial charge in [-0.05, 0) is 53.0 Å². The molecule has 114 valence electrons. The Morgan fingerprint density at radius 2 is 1.81 bits per heavy atom. The third-order valence-corrected chi connectivity index (χ3v) is 5.72. The quantitative estimate of drug-likeness (QED) is 0.678. The van der Waals surface area contributed by atoms with Gasteiger partial charge < -0.3 is 4.74 Å². The molecule has 2 aliphatic rings. The van der Waals surface area contributed by atoms with Crippen molar-refractivity contribution < 1.29 is 4.74 Å². The van der Waals surface area contributed by atoms with E-state index in [1.165, 1.54) is 36.0 Å². The number of allylic oxidation sites excluding steroid dienone is 1. The minimum atomic E-state index is 0.208. The predicted octanol–water partition coefficient (Wildman–Crippen LogP) is 5.68. The molecule has 0 heterocycles. The average Bonchev–Trinajstić information content (AvgIpc) is 2.71. The Morgan fingerprint density at radius 3 is 2.43 bits per heavy atom. The summed E-state index contributed by atoms with van der Waals surface area (Å²) in [5.41, 5.74) is 6.38. The summed E-state index contributed by atoms with van der Waals surface area (Å²) < 4.78 is 5.69. The largest absolute Gasteiger partial charge is 0.496 e. The van der Waals surface area contributed by atoms with Crippen LogP contribution in [0, 0.1) is 5.41 Å². The van der Waals surface area contributed by atoms with Crippen molar-refractivity contribution in [2.24, 2.45) is 5.41 Å². The van der Waals surface area contributed by atoms with E-state index in [2.05, 4.69) is 52.8 Å². The molecular weight excluding hydrogens is 256 g/mol. The van der Waals surface area contributed by atoms with Crippen molar-refractivity contribution in [3.63, 3.8) is 0 Å². The molecule has 0 bridgehead atoms. The van der Waals surface area contributed by atoms with Crippen molar-refractivity contribution >= 4 is 6.08 Å². The van der Waals surface area contributed by atoms with E-state index in [4.69, 9.17) is 4.74 Å². The molecule has 2 aliphatic carbocycles. The first kappa shape index (κ1) is 14.7. The van der Waals surface area contributed by atoms with Crippen LogP contribution in [0.3, 0.4) is 0 Å². The highest BCUT2D eigenvalue weighted by molar-refractivity contribution is 5.73. The molecule has 0 aliphatic heterocycles. The van der Waals surface area contributed by atoms with Gasteiger partial charge in [0.15, 0.2) is 0 Å². The van der Waals surface area contributed by atoms with Gasteiger partial charge in [-0.15, -0.1) is 0 Å². The topological polar surface area (TPSA) is 9.23 Å². The SMILES string of the molecule is COc1cc2c(cc1C(C)C)C=C1C(C)(C)CCC[C@@]12C. The van der Waals surface area contributed by atoms with Crippen molar-refractivity contribution in [2.75, 3.05) is 7.11 Å². The molecule has 1 heteroatoms. The molecule has 0 N–H and O–H groups in total. The Bertz CT molecular complexity index is 607. The molecule has 1 nitrogen and oxygen atoms in total. The summed E-state index contributed by atoms with van der Waals surface area (Å²) in [6.45, 7) is 11.7. The fourth-order valence-corrected chi connectivity index (χ4v) is 4.53. The van der Waals surface area contributed by atoms with Gasteiger partial charge in [-0.2, -0.15) is 0 Å². The van der Waals surface area contributed by atoms with Crippen molar-refractivity contribution in [2.45, 2.75) is 65.2 Å². The monoisotopic (exact) mass is 284 g/mol. The van der Waals surface area contributed by atoms with Crippen LogP contribution in [0.2, 0.25) is 0 Å². The lowest BCUT2D eigenvalue weighted by molar-refractivity contribution is 0.265. The Hall–Kier alpha value is -1.24. The molecule has 1 atom stereocenters. The minimum Gasteiger partial charge on any atom is -0.496 e. The number of methoxy groups -OCH3 is 1. The summed E-state index contributed by atoms with van der Waals surface area (Å²) in [4.78, 5) is 0. The maximum Gasteiger partial charge on any atom is 0.122 e. The first-order valence-corrected chi connectivity index (χ1v) is 8.24. The lowest BCUT2D eigenvalue weighted by Gasteiger charge is -2.44. The van der Waals surface area contributed by atoms with E-state index in [9.17, 15) is 0 Å². The Labute approximate surface area is 129 Å². The maximum absolute atomic E-state index is 5.69. The average molecular weight is 284 g/mol. The van der Waals surface area contributed by atoms with Crippen molar-refractivity contribution in [3.8, 4) is 5.75 Å². The van der Waals surface area contributed by atoms with Gasteiger partial charge in [0.2, 0.25) is 0 Å². The molecule has 3 rings (SSSR count). The zero-order valence-electron chi connectivity index (χ0n) is 14.3. The van der Waals surface area contributed by atoms with Crippen LogP contribution in [0.15, 0.2) is 17.7 Å². The summed E-state index contributed by atoms with van der Waals surface area (Å²) in [7, 11) is 1.80. The zero-order chi connectivity index (χ0) is 15.4. The number of rotatable bonds is 2. The van der Waals surface area contributed by atoms with E-state index in [-0.39, 0.29) is 5.41 Å². The fourth-order valence-electron chi connectivity index (χ4n) is 4.53. The minimum absolute atomic E-state index is 0.208. The second-order valence-electron chi connectivity index (χ2n) is 7.96. The summed E-state index contributed by atoms with van der Waals surface area (Å²) in [6, 6.07) is 4.68. The van der Waals surface area contributed by atoms with Crippen LogP contribution in [-0.4, -0.2) is 7.11 Å². The highest BCUT2D eigenvalue weighted by Crippen LogP contribution is 2.57. The van der Waals surface area contributed by atoms with Gasteiger partial charge in [0.25, 0.3) is 0 Å². The van der Waals surface area contributed by atoms with E-state index in [0.717, 1.165) is 5.75 Å². The van der Waals surface area contributed by atoms with E-state index in [0.29, 0.717) is 11.3 Å². The molecule has 1 fully saturated rings. The van der Waals surface area contributed by atoms with Gasteiger partial charge in [-0.1, -0.05) is 52.7 Å². The second kappa shape index (κ2) is 4.63. The first-order valence-electron chi connectivity index (χ1n) is 8.24. The van der Waals surface area contributed by atoms with Crippen LogP contribution in [0.5, 0.6) is 5.75 Å². The Morgan fingerprint density at radius 1 is 1.10 bits per heavy atom. The van der Waals surface area contributed by atoms with Crippen LogP contribution < -0.4 is 4.74 Å². The van der Waals surface area contributed by atoms with Gasteiger partial charge in [0, 0.05) is 5.41 Å². The van der Waals surface area contributed by atoms with E-state index < -0.39 is 0 Å². The van der Waals surface area contributed by atoms with Crippen molar-refractivity contribution in [1.82, 2.24) is 0 Å². The summed E-state index contributed by atoms with van der Waals surface area (Å²) in [5, 5.41) is 0. The van der Waals surface area contributed by atoms with Crippen LogP contribution in [-0.2, 0) is 5.41 Å². The van der Waals surface area contributed by atoms with E-state index in [1.54, 1.807) is 12.7 Å². The molecule has 0 spiro atoms. The predicted molar refractivity (Wildman–Crippen MR) is 90.0 cm³/mol. The van der Waals surface area contributed by atoms with Gasteiger partial charge in [-0.3, -0.25) is 0 Å². The molecule has 0 unspecified atom stereocenters. The molecular formula is C20H28O. The molecule has 0 aromatic heterocycles. The van der Waals surface area contributed by atoms with Crippen molar-refractivity contribution in [1.29, 1.82) is 0 Å². The molecule has 1 saturated carbocycles. The van der Waals surface area contributed by atoms with Gasteiger partial charge in [0.05, 0.1) is 7.11 Å². The fraction of sp³-hybridized carbons (Fsp3) is 0.600. The van der Waals surface area contributed by atoms with Gasteiger partial charge >= 0.3 is 0 Å². The number of fused-ring (bicyclic) bond motifs is 3. The third kappa shape index (κ3) is 2.05. The summed E-state index contributed by atoms with van der Waals surface area (Å²) in [6.07, 6.45) is 6.35. The van der Waals surface area contributed by atoms with Gasteiger partial charge in [0.1, 0.15) is 5.75 Å². The van der Waals surface area contributed by atoms with Crippen LogP contribution in [0.4, 0.5) is 0 Å². The van der Waals surface area contributed by atoms with Crippen molar-refractivity contribution in [3.05, 3.63) is 34.4 Å². The van der Waals surface area contributed by atoms with Crippen LogP contribution in [0.1, 0.15) is 76.5 Å². The molecule has 0 amide bonds. The summed E-state index contributed by atoms with van der Waals surface area (Å²) in [5.74, 6) is 1.55. The van der Waals surface area contributed by atoms with Gasteiger partial charge in [-0.25, -0.2) is 0 Å². The van der Waals surface area contributed by atoms with Crippen LogP contribution in [0.25, 0.3) is 6.08 Å². The molecule has 0 radical (unpaired) electrons. The molecule has 1 aromatic rings. The molecule has 21 heavy (non-hydrogen) atoms. The number of ether oxygens (including phenoxy) is 1. The van der Waals surface area contributed by atoms with Crippen LogP contribution >= 0.6 is 0 Å². The number of hydrogen-bond acceptors (Lipinski definition) is 1. The highest BCUT2D eigenvalue weighted by Gasteiger charge is 2.46. The molecule has 1 aromatic carbocycles. The van der Waals surface area contributed by atoms with E-state index >= 15 is 0 Å². The third-order valence-electron chi connectivity index (χ3n) is 5.72. The number of hydrogen-bond donors (Lipinski definition) is 0. The zero-order valence-corrected chi connectivity index (χ0v) is 14.3. The molecule has 0 saturated heterocycles.